The van der Waals surface area contributed by atoms with Crippen LogP contribution in [0, 0.1) is 0 Å². The Labute approximate surface area is 126 Å². The molecule has 0 bridgehead atoms. The number of hydrogen-bond acceptors (Lipinski definition) is 5. The Morgan fingerprint density at radius 2 is 1.86 bits per heavy atom. The topological polar surface area (TPSA) is 90.7 Å². The number of rotatable bonds is 7. The van der Waals surface area contributed by atoms with Gasteiger partial charge in [-0.05, 0) is 26.3 Å². The van der Waals surface area contributed by atoms with Crippen molar-refractivity contribution in [3.63, 3.8) is 0 Å². The quantitative estimate of drug-likeness (QED) is 0.798. The molecule has 1 aromatic carbocycles. The predicted octanol–water partition coefficient (Wildman–Crippen LogP) is 1.63. The molecule has 0 spiro atoms. The van der Waals surface area contributed by atoms with E-state index in [2.05, 4.69) is 4.72 Å². The Morgan fingerprint density at radius 3 is 2.29 bits per heavy atom. The molecule has 0 unspecified atom stereocenters. The van der Waals surface area contributed by atoms with Crippen LogP contribution >= 0.6 is 0 Å². The van der Waals surface area contributed by atoms with E-state index in [4.69, 9.17) is 15.2 Å². The zero-order valence-corrected chi connectivity index (χ0v) is 14.0. The van der Waals surface area contributed by atoms with Gasteiger partial charge in [0.05, 0.1) is 19.1 Å². The maximum absolute atomic E-state index is 12.5. The number of sulfonamides is 1. The molecule has 0 saturated carbocycles. The van der Waals surface area contributed by atoms with Crippen molar-refractivity contribution in [3.05, 3.63) is 17.7 Å². The number of nitrogens with one attached hydrogen (secondary N) is 1. The highest BCUT2D eigenvalue weighted by atomic mass is 32.2. The van der Waals surface area contributed by atoms with E-state index in [0.29, 0.717) is 23.5 Å². The predicted molar refractivity (Wildman–Crippen MR) is 82.1 cm³/mol. The van der Waals surface area contributed by atoms with Gasteiger partial charge in [0.2, 0.25) is 10.0 Å². The molecule has 6 nitrogen and oxygen atoms in total. The van der Waals surface area contributed by atoms with Crippen molar-refractivity contribution in [1.29, 1.82) is 0 Å². The fourth-order valence-electron chi connectivity index (χ4n) is 1.82. The molecular formula is C14H24N2O4S. The summed E-state index contributed by atoms with van der Waals surface area (Å²) < 4.78 is 38.1. The highest BCUT2D eigenvalue weighted by Crippen LogP contribution is 2.34. The van der Waals surface area contributed by atoms with E-state index in [1.807, 2.05) is 20.8 Å². The van der Waals surface area contributed by atoms with Crippen LogP contribution in [-0.2, 0) is 16.6 Å². The van der Waals surface area contributed by atoms with Gasteiger partial charge in [-0.15, -0.1) is 0 Å². The molecule has 0 saturated heterocycles. The zero-order chi connectivity index (χ0) is 16.3. The van der Waals surface area contributed by atoms with E-state index in [1.54, 1.807) is 0 Å². The lowest BCUT2D eigenvalue weighted by Crippen LogP contribution is -2.42. The summed E-state index contributed by atoms with van der Waals surface area (Å²) in [5, 5.41) is 0. The van der Waals surface area contributed by atoms with Gasteiger partial charge in [-0.1, -0.05) is 6.92 Å². The summed E-state index contributed by atoms with van der Waals surface area (Å²) in [6.07, 6.45) is 0.670. The largest absolute Gasteiger partial charge is 0.493 e. The fourth-order valence-corrected chi connectivity index (χ4v) is 3.37. The average molecular weight is 316 g/mol. The molecule has 3 N–H and O–H groups in total. The Morgan fingerprint density at radius 1 is 1.24 bits per heavy atom. The molecule has 120 valence electrons. The number of ether oxygens (including phenoxy) is 2. The maximum Gasteiger partial charge on any atom is 0.241 e. The van der Waals surface area contributed by atoms with Gasteiger partial charge in [0.15, 0.2) is 11.5 Å². The first-order valence-electron chi connectivity index (χ1n) is 6.69. The summed E-state index contributed by atoms with van der Waals surface area (Å²) in [6, 6.07) is 2.95. The van der Waals surface area contributed by atoms with Crippen LogP contribution in [0.25, 0.3) is 0 Å². The summed E-state index contributed by atoms with van der Waals surface area (Å²) in [5.41, 5.74) is 5.71. The Hall–Kier alpha value is -1.31. The number of benzene rings is 1. The van der Waals surface area contributed by atoms with Crippen molar-refractivity contribution in [2.75, 3.05) is 14.2 Å². The lowest BCUT2D eigenvalue weighted by molar-refractivity contribution is 0.350. The molecule has 0 heterocycles. The summed E-state index contributed by atoms with van der Waals surface area (Å²) in [7, 11) is -0.715. The van der Waals surface area contributed by atoms with Crippen LogP contribution in [0.2, 0.25) is 0 Å². The first-order valence-corrected chi connectivity index (χ1v) is 8.18. The van der Waals surface area contributed by atoms with E-state index in [-0.39, 0.29) is 11.4 Å². The van der Waals surface area contributed by atoms with Crippen molar-refractivity contribution < 1.29 is 17.9 Å². The fraction of sp³-hybridized carbons (Fsp3) is 0.571. The Balaban J connectivity index is 3.37. The molecule has 0 fully saturated rings. The molecule has 0 aliphatic rings. The molecule has 7 heteroatoms. The highest BCUT2D eigenvalue weighted by molar-refractivity contribution is 7.89. The summed E-state index contributed by atoms with van der Waals surface area (Å²) in [6.45, 7) is 5.73. The first-order chi connectivity index (χ1) is 9.70. The van der Waals surface area contributed by atoms with Gasteiger partial charge < -0.3 is 15.2 Å². The number of methoxy groups -OCH3 is 2. The van der Waals surface area contributed by atoms with Crippen molar-refractivity contribution in [2.45, 2.75) is 44.2 Å². The van der Waals surface area contributed by atoms with Crippen molar-refractivity contribution in [2.24, 2.45) is 5.73 Å². The van der Waals surface area contributed by atoms with Crippen LogP contribution in [0.1, 0.15) is 32.8 Å². The third-order valence-corrected chi connectivity index (χ3v) is 5.03. The van der Waals surface area contributed by atoms with Gasteiger partial charge in [-0.25, -0.2) is 13.1 Å². The van der Waals surface area contributed by atoms with Crippen molar-refractivity contribution in [3.8, 4) is 11.5 Å². The van der Waals surface area contributed by atoms with Crippen LogP contribution in [0.15, 0.2) is 17.0 Å². The third-order valence-electron chi connectivity index (χ3n) is 3.35. The van der Waals surface area contributed by atoms with E-state index in [1.165, 1.54) is 26.4 Å². The van der Waals surface area contributed by atoms with Gasteiger partial charge in [0.1, 0.15) is 0 Å². The van der Waals surface area contributed by atoms with Crippen LogP contribution in [0.4, 0.5) is 0 Å². The second kappa shape index (κ2) is 6.64. The van der Waals surface area contributed by atoms with Gasteiger partial charge in [-0.2, -0.15) is 0 Å². The maximum atomic E-state index is 12.5. The van der Waals surface area contributed by atoms with Crippen molar-refractivity contribution in [1.82, 2.24) is 4.72 Å². The lowest BCUT2D eigenvalue weighted by Gasteiger charge is -2.24. The summed E-state index contributed by atoms with van der Waals surface area (Å²) in [4.78, 5) is 0.113. The summed E-state index contributed by atoms with van der Waals surface area (Å²) in [5.74, 6) is 0.795. The van der Waals surface area contributed by atoms with E-state index in [9.17, 15) is 8.42 Å². The van der Waals surface area contributed by atoms with Crippen LogP contribution in [-0.4, -0.2) is 28.2 Å². The third kappa shape index (κ3) is 4.09. The minimum atomic E-state index is -3.66. The first kappa shape index (κ1) is 17.7. The van der Waals surface area contributed by atoms with Gasteiger partial charge in [0, 0.05) is 23.7 Å². The second-order valence-corrected chi connectivity index (χ2v) is 7.05. The standard InChI is InChI=1S/C14H24N2O4S/c1-6-14(2,3)16-21(17,18)11-7-10(9-15)13(20-5)12(8-11)19-4/h7-8,16H,6,9,15H2,1-5H3. The van der Waals surface area contributed by atoms with E-state index < -0.39 is 15.6 Å². The average Bonchev–Trinajstić information content (AvgIpc) is 2.44. The molecule has 0 radical (unpaired) electrons. The second-order valence-electron chi connectivity index (χ2n) is 5.36. The monoisotopic (exact) mass is 316 g/mol. The van der Waals surface area contributed by atoms with Crippen molar-refractivity contribution >= 4 is 10.0 Å². The normalized spacial score (nSPS) is 12.3. The van der Waals surface area contributed by atoms with Gasteiger partial charge in [0.25, 0.3) is 0 Å². The molecule has 0 amide bonds. The summed E-state index contributed by atoms with van der Waals surface area (Å²) >= 11 is 0. The lowest BCUT2D eigenvalue weighted by atomic mass is 10.0. The SMILES string of the molecule is CCC(C)(C)NS(=O)(=O)c1cc(CN)c(OC)c(OC)c1. The molecule has 21 heavy (non-hydrogen) atoms. The zero-order valence-electron chi connectivity index (χ0n) is 13.2. The molecule has 1 rings (SSSR count). The van der Waals surface area contributed by atoms with E-state index >= 15 is 0 Å². The Kier molecular flexibility index (Phi) is 5.61. The molecule has 0 atom stereocenters. The van der Waals surface area contributed by atoms with Crippen LogP contribution in [0.5, 0.6) is 11.5 Å². The van der Waals surface area contributed by atoms with Gasteiger partial charge in [-0.3, -0.25) is 0 Å². The molecular weight excluding hydrogens is 292 g/mol. The number of nitrogens with two attached hydrogens (primary N) is 1. The molecule has 0 aliphatic heterocycles. The Bertz CT molecular complexity index is 572. The smallest absolute Gasteiger partial charge is 0.241 e. The molecule has 1 aromatic rings. The van der Waals surface area contributed by atoms with Gasteiger partial charge >= 0.3 is 0 Å². The van der Waals surface area contributed by atoms with Crippen LogP contribution in [0.3, 0.4) is 0 Å². The number of hydrogen-bond donors (Lipinski definition) is 2. The minimum Gasteiger partial charge on any atom is -0.493 e. The van der Waals surface area contributed by atoms with Crippen LogP contribution < -0.4 is 19.9 Å². The molecule has 0 aliphatic carbocycles. The minimum absolute atomic E-state index is 0.113. The highest BCUT2D eigenvalue weighted by Gasteiger charge is 2.26. The van der Waals surface area contributed by atoms with E-state index in [0.717, 1.165) is 0 Å². The molecule has 0 aromatic heterocycles.